The number of para-hydroxylation sites is 1. The molecule has 1 aliphatic heterocycles. The molecule has 0 radical (unpaired) electrons. The molecular formula is C21H21N5O2. The van der Waals surface area contributed by atoms with Gasteiger partial charge in [0.2, 0.25) is 0 Å². The lowest BCUT2D eigenvalue weighted by Gasteiger charge is -2.36. The molecule has 3 heterocycles. The molecule has 0 atom stereocenters. The lowest BCUT2D eigenvalue weighted by Crippen LogP contribution is -2.46. The van der Waals surface area contributed by atoms with Crippen LogP contribution in [0, 0.1) is 11.3 Å². The second-order valence-corrected chi connectivity index (χ2v) is 6.99. The molecule has 7 heteroatoms. The van der Waals surface area contributed by atoms with Crippen molar-refractivity contribution in [3.8, 4) is 11.8 Å². The van der Waals surface area contributed by atoms with Gasteiger partial charge in [-0.15, -0.1) is 0 Å². The summed E-state index contributed by atoms with van der Waals surface area (Å²) in [6.07, 6.45) is 0. The van der Waals surface area contributed by atoms with Crippen molar-refractivity contribution in [3.05, 3.63) is 64.1 Å². The Hall–Kier alpha value is -3.37. The van der Waals surface area contributed by atoms with E-state index in [2.05, 4.69) is 20.9 Å². The van der Waals surface area contributed by atoms with Crippen LogP contribution in [-0.2, 0) is 13.6 Å². The zero-order valence-electron chi connectivity index (χ0n) is 15.7. The number of fused-ring (bicyclic) bond motifs is 1. The third kappa shape index (κ3) is 3.30. The SMILES string of the molecule is Cn1c(=O)cc(N2CCN(Cc3ccccc3O)CC2)c2nc(C#N)ccc21. The Bertz CT molecular complexity index is 1120. The second kappa shape index (κ2) is 7.33. The predicted molar refractivity (Wildman–Crippen MR) is 107 cm³/mol. The van der Waals surface area contributed by atoms with Crippen LogP contribution in [0.15, 0.2) is 47.3 Å². The fourth-order valence-electron chi connectivity index (χ4n) is 3.65. The number of phenols is 1. The van der Waals surface area contributed by atoms with E-state index < -0.39 is 0 Å². The molecule has 0 spiro atoms. The van der Waals surface area contributed by atoms with Crippen LogP contribution in [0.2, 0.25) is 0 Å². The summed E-state index contributed by atoms with van der Waals surface area (Å²) in [6.45, 7) is 3.79. The average molecular weight is 375 g/mol. The van der Waals surface area contributed by atoms with Gasteiger partial charge in [0.05, 0.1) is 11.2 Å². The molecule has 0 saturated carbocycles. The van der Waals surface area contributed by atoms with Gasteiger partial charge in [-0.05, 0) is 18.2 Å². The Morgan fingerprint density at radius 3 is 2.61 bits per heavy atom. The summed E-state index contributed by atoms with van der Waals surface area (Å²) in [5.41, 5.74) is 3.33. The first kappa shape index (κ1) is 18.0. The number of nitriles is 1. The number of pyridine rings is 2. The molecule has 1 aliphatic rings. The molecule has 142 valence electrons. The molecule has 4 rings (SSSR count). The Morgan fingerprint density at radius 2 is 1.89 bits per heavy atom. The summed E-state index contributed by atoms with van der Waals surface area (Å²) in [6, 6.07) is 14.5. The standard InChI is InChI=1S/C21H21N5O2/c1-24-17-7-6-16(13-22)23-21(17)18(12-20(24)28)26-10-8-25(9-11-26)14-15-4-2-3-5-19(15)27/h2-7,12,27H,8-11,14H2,1H3. The molecule has 1 fully saturated rings. The summed E-state index contributed by atoms with van der Waals surface area (Å²) in [5, 5.41) is 19.2. The van der Waals surface area contributed by atoms with Crippen molar-refractivity contribution in [2.75, 3.05) is 31.1 Å². The van der Waals surface area contributed by atoms with E-state index in [-0.39, 0.29) is 5.56 Å². The molecular weight excluding hydrogens is 354 g/mol. The maximum absolute atomic E-state index is 12.4. The number of aromatic hydroxyl groups is 1. The minimum atomic E-state index is -0.0920. The maximum Gasteiger partial charge on any atom is 0.252 e. The Kier molecular flexibility index (Phi) is 4.72. The molecule has 0 amide bonds. The van der Waals surface area contributed by atoms with Crippen LogP contribution in [-0.4, -0.2) is 45.7 Å². The molecule has 2 aromatic heterocycles. The largest absolute Gasteiger partial charge is 0.508 e. The van der Waals surface area contributed by atoms with Crippen LogP contribution >= 0.6 is 0 Å². The molecule has 1 aromatic carbocycles. The minimum absolute atomic E-state index is 0.0920. The van der Waals surface area contributed by atoms with E-state index >= 15 is 0 Å². The van der Waals surface area contributed by atoms with Crippen LogP contribution in [0.4, 0.5) is 5.69 Å². The molecule has 1 N–H and O–H groups in total. The molecule has 1 saturated heterocycles. The number of aromatic nitrogens is 2. The number of nitrogens with zero attached hydrogens (tertiary/aromatic N) is 5. The van der Waals surface area contributed by atoms with E-state index in [1.165, 1.54) is 0 Å². The van der Waals surface area contributed by atoms with Crippen molar-refractivity contribution in [2.45, 2.75) is 6.54 Å². The monoisotopic (exact) mass is 375 g/mol. The first-order valence-electron chi connectivity index (χ1n) is 9.22. The Morgan fingerprint density at radius 1 is 1.14 bits per heavy atom. The predicted octanol–water partition coefficient (Wildman–Crippen LogP) is 1.83. The van der Waals surface area contributed by atoms with Crippen LogP contribution in [0.5, 0.6) is 5.75 Å². The van der Waals surface area contributed by atoms with E-state index in [0.29, 0.717) is 23.5 Å². The van der Waals surface area contributed by atoms with E-state index in [4.69, 9.17) is 0 Å². The number of hydrogen-bond acceptors (Lipinski definition) is 6. The molecule has 0 bridgehead atoms. The molecule has 28 heavy (non-hydrogen) atoms. The zero-order valence-corrected chi connectivity index (χ0v) is 15.7. The van der Waals surface area contributed by atoms with Gasteiger partial charge in [0, 0.05) is 51.4 Å². The van der Waals surface area contributed by atoms with Gasteiger partial charge in [-0.3, -0.25) is 9.69 Å². The number of piperazine rings is 1. The van der Waals surface area contributed by atoms with Crippen LogP contribution < -0.4 is 10.5 Å². The highest BCUT2D eigenvalue weighted by molar-refractivity contribution is 5.88. The molecule has 3 aromatic rings. The highest BCUT2D eigenvalue weighted by atomic mass is 16.3. The number of aryl methyl sites for hydroxylation is 1. The van der Waals surface area contributed by atoms with E-state index in [0.717, 1.165) is 42.9 Å². The third-order valence-electron chi connectivity index (χ3n) is 5.28. The van der Waals surface area contributed by atoms with Crippen LogP contribution in [0.25, 0.3) is 11.0 Å². The lowest BCUT2D eigenvalue weighted by molar-refractivity contribution is 0.247. The van der Waals surface area contributed by atoms with Gasteiger partial charge in [-0.1, -0.05) is 18.2 Å². The normalized spacial score (nSPS) is 14.9. The van der Waals surface area contributed by atoms with Gasteiger partial charge in [0.15, 0.2) is 0 Å². The summed E-state index contributed by atoms with van der Waals surface area (Å²) in [5.74, 6) is 0.315. The van der Waals surface area contributed by atoms with E-state index in [9.17, 15) is 15.2 Å². The highest BCUT2D eigenvalue weighted by Gasteiger charge is 2.21. The Balaban J connectivity index is 1.59. The first-order chi connectivity index (χ1) is 13.6. The lowest BCUT2D eigenvalue weighted by atomic mass is 10.1. The van der Waals surface area contributed by atoms with Crippen molar-refractivity contribution in [3.63, 3.8) is 0 Å². The molecule has 0 aliphatic carbocycles. The fraction of sp³-hybridized carbons (Fsp3) is 0.286. The van der Waals surface area contributed by atoms with Crippen molar-refractivity contribution < 1.29 is 5.11 Å². The van der Waals surface area contributed by atoms with Crippen LogP contribution in [0.1, 0.15) is 11.3 Å². The van der Waals surface area contributed by atoms with Crippen molar-refractivity contribution >= 4 is 16.7 Å². The number of hydrogen-bond donors (Lipinski definition) is 1. The summed E-state index contributed by atoms with van der Waals surface area (Å²) >= 11 is 0. The van der Waals surface area contributed by atoms with Gasteiger partial charge < -0.3 is 14.6 Å². The number of phenolic OH excluding ortho intramolecular Hbond substituents is 1. The van der Waals surface area contributed by atoms with Crippen molar-refractivity contribution in [1.82, 2.24) is 14.5 Å². The van der Waals surface area contributed by atoms with Crippen LogP contribution in [0.3, 0.4) is 0 Å². The molecule has 0 unspecified atom stereocenters. The number of rotatable bonds is 3. The highest BCUT2D eigenvalue weighted by Crippen LogP contribution is 2.25. The third-order valence-corrected chi connectivity index (χ3v) is 5.28. The maximum atomic E-state index is 12.4. The van der Waals surface area contributed by atoms with Crippen molar-refractivity contribution in [2.24, 2.45) is 7.05 Å². The van der Waals surface area contributed by atoms with Gasteiger partial charge in [0.1, 0.15) is 23.0 Å². The average Bonchev–Trinajstić information content (AvgIpc) is 2.72. The van der Waals surface area contributed by atoms with Gasteiger partial charge >= 0.3 is 0 Å². The van der Waals surface area contributed by atoms with Gasteiger partial charge in [-0.25, -0.2) is 4.98 Å². The van der Waals surface area contributed by atoms with E-state index in [1.54, 1.807) is 35.9 Å². The van der Waals surface area contributed by atoms with Gasteiger partial charge in [-0.2, -0.15) is 5.26 Å². The fourth-order valence-corrected chi connectivity index (χ4v) is 3.65. The number of anilines is 1. The van der Waals surface area contributed by atoms with Gasteiger partial charge in [0.25, 0.3) is 5.56 Å². The summed E-state index contributed by atoms with van der Waals surface area (Å²) in [4.78, 5) is 21.3. The smallest absolute Gasteiger partial charge is 0.252 e. The second-order valence-electron chi connectivity index (χ2n) is 6.99. The minimum Gasteiger partial charge on any atom is -0.508 e. The molecule has 7 nitrogen and oxygen atoms in total. The van der Waals surface area contributed by atoms with Crippen molar-refractivity contribution in [1.29, 1.82) is 5.26 Å². The Labute approximate surface area is 162 Å². The summed E-state index contributed by atoms with van der Waals surface area (Å²) in [7, 11) is 1.71. The number of benzene rings is 1. The summed E-state index contributed by atoms with van der Waals surface area (Å²) < 4.78 is 1.56. The zero-order chi connectivity index (χ0) is 19.7. The van der Waals surface area contributed by atoms with E-state index in [1.807, 2.05) is 18.2 Å². The topological polar surface area (TPSA) is 85.4 Å². The first-order valence-corrected chi connectivity index (χ1v) is 9.22. The quantitative estimate of drug-likeness (QED) is 0.752.